The van der Waals surface area contributed by atoms with Crippen LogP contribution in [0.5, 0.6) is 0 Å². The Morgan fingerprint density at radius 1 is 0.917 bits per heavy atom. The fraction of sp³-hybridized carbons (Fsp3) is 1.00. The molecule has 0 aliphatic rings. The number of hydrogen-bond acceptors (Lipinski definition) is 6. The topological polar surface area (TPSA) is 127 Å². The third-order valence-electron chi connectivity index (χ3n) is 1.57. The molecule has 0 fully saturated rings. The lowest BCUT2D eigenvalue weighted by atomic mass is 10.0. The molecule has 0 saturated heterocycles. The van der Waals surface area contributed by atoms with Crippen LogP contribution in [-0.4, -0.2) is 63.1 Å². The van der Waals surface area contributed by atoms with Gasteiger partial charge in [0.2, 0.25) is 0 Å². The van der Waals surface area contributed by atoms with Gasteiger partial charge in [0.1, 0.15) is 18.3 Å². The van der Waals surface area contributed by atoms with Crippen molar-refractivity contribution in [1.29, 1.82) is 0 Å². The summed E-state index contributed by atoms with van der Waals surface area (Å²) >= 11 is 0. The Balaban J connectivity index is 3.99. The Labute approximate surface area is 69.9 Å². The lowest BCUT2D eigenvalue weighted by Gasteiger charge is -2.24. The third kappa shape index (κ3) is 3.02. The molecule has 0 amide bonds. The van der Waals surface area contributed by atoms with Gasteiger partial charge in [0.25, 0.3) is 0 Å². The van der Waals surface area contributed by atoms with Crippen LogP contribution in [0, 0.1) is 0 Å². The Bertz CT molecular complexity index is 109. The van der Waals surface area contributed by atoms with Crippen molar-refractivity contribution in [2.24, 2.45) is 5.73 Å². The Morgan fingerprint density at radius 3 is 1.67 bits per heavy atom. The number of aliphatic hydroxyl groups is 5. The normalized spacial score (nSPS) is 21.5. The van der Waals surface area contributed by atoms with Crippen molar-refractivity contribution in [1.82, 2.24) is 0 Å². The van der Waals surface area contributed by atoms with Gasteiger partial charge in [0, 0.05) is 6.54 Å². The summed E-state index contributed by atoms with van der Waals surface area (Å²) in [4.78, 5) is 0. The molecule has 4 atom stereocenters. The molecular formula is C6H15NO5. The van der Waals surface area contributed by atoms with E-state index in [-0.39, 0.29) is 6.54 Å². The van der Waals surface area contributed by atoms with Crippen LogP contribution in [0.4, 0.5) is 0 Å². The first-order chi connectivity index (χ1) is 5.54. The average molecular weight is 181 g/mol. The Morgan fingerprint density at radius 2 is 1.33 bits per heavy atom. The van der Waals surface area contributed by atoms with Gasteiger partial charge in [-0.2, -0.15) is 0 Å². The number of hydrogen-bond donors (Lipinski definition) is 6. The minimum absolute atomic E-state index is 0.226. The fourth-order valence-electron chi connectivity index (χ4n) is 0.703. The average Bonchev–Trinajstić information content (AvgIpc) is 2.12. The first-order valence-electron chi connectivity index (χ1n) is 3.57. The van der Waals surface area contributed by atoms with E-state index >= 15 is 0 Å². The molecule has 12 heavy (non-hydrogen) atoms. The van der Waals surface area contributed by atoms with E-state index in [1.165, 1.54) is 0 Å². The number of aliphatic hydroxyl groups excluding tert-OH is 5. The van der Waals surface area contributed by atoms with Crippen LogP contribution in [-0.2, 0) is 0 Å². The predicted octanol–water partition coefficient (Wildman–Crippen LogP) is -3.62. The fourth-order valence-corrected chi connectivity index (χ4v) is 0.703. The van der Waals surface area contributed by atoms with Gasteiger partial charge >= 0.3 is 0 Å². The summed E-state index contributed by atoms with van der Waals surface area (Å²) in [5.74, 6) is 0. The molecule has 0 aromatic rings. The van der Waals surface area contributed by atoms with E-state index in [1.54, 1.807) is 0 Å². The van der Waals surface area contributed by atoms with Gasteiger partial charge < -0.3 is 31.3 Å². The van der Waals surface area contributed by atoms with Gasteiger partial charge in [-0.3, -0.25) is 0 Å². The van der Waals surface area contributed by atoms with Crippen LogP contribution in [0.2, 0.25) is 0 Å². The van der Waals surface area contributed by atoms with Gasteiger partial charge in [0.15, 0.2) is 0 Å². The quantitative estimate of drug-likeness (QED) is 0.260. The summed E-state index contributed by atoms with van der Waals surface area (Å²) in [5, 5.41) is 44.2. The lowest BCUT2D eigenvalue weighted by Crippen LogP contribution is -2.48. The summed E-state index contributed by atoms with van der Waals surface area (Å²) in [6.07, 6.45) is -5.91. The van der Waals surface area contributed by atoms with Gasteiger partial charge in [-0.05, 0) is 0 Å². The van der Waals surface area contributed by atoms with Gasteiger partial charge in [-0.1, -0.05) is 0 Å². The molecule has 6 heteroatoms. The number of nitrogens with two attached hydrogens (primary N) is 1. The molecule has 0 rings (SSSR count). The zero-order valence-corrected chi connectivity index (χ0v) is 6.54. The maximum Gasteiger partial charge on any atom is 0.111 e. The first-order valence-corrected chi connectivity index (χ1v) is 3.57. The van der Waals surface area contributed by atoms with Crippen LogP contribution in [0.3, 0.4) is 0 Å². The van der Waals surface area contributed by atoms with Crippen LogP contribution >= 0.6 is 0 Å². The second-order valence-corrected chi connectivity index (χ2v) is 2.53. The van der Waals surface area contributed by atoms with Crippen molar-refractivity contribution in [2.45, 2.75) is 24.4 Å². The first kappa shape index (κ1) is 11.8. The standard InChI is InChI=1S/C6H15NO5/c7-1-3(9)5(11)6(12)4(10)2-8/h3-6,8-12H,1-2,7H2/t3-,4-,5-,6-/m0/s1. The van der Waals surface area contributed by atoms with Crippen molar-refractivity contribution >= 4 is 0 Å². The summed E-state index contributed by atoms with van der Waals surface area (Å²) < 4.78 is 0. The summed E-state index contributed by atoms with van der Waals surface area (Å²) in [7, 11) is 0. The highest BCUT2D eigenvalue weighted by Crippen LogP contribution is 2.03. The van der Waals surface area contributed by atoms with Gasteiger partial charge in [-0.25, -0.2) is 0 Å². The number of rotatable bonds is 5. The molecule has 0 heterocycles. The van der Waals surface area contributed by atoms with Crippen molar-refractivity contribution < 1.29 is 25.5 Å². The van der Waals surface area contributed by atoms with E-state index in [1.807, 2.05) is 0 Å². The van der Waals surface area contributed by atoms with Crippen LogP contribution in [0.25, 0.3) is 0 Å². The minimum atomic E-state index is -1.59. The lowest BCUT2D eigenvalue weighted by molar-refractivity contribution is -0.112. The molecule has 0 aromatic carbocycles. The summed E-state index contributed by atoms with van der Waals surface area (Å²) in [6, 6.07) is 0. The molecular weight excluding hydrogens is 166 g/mol. The smallest absolute Gasteiger partial charge is 0.111 e. The zero-order valence-electron chi connectivity index (χ0n) is 6.54. The summed E-state index contributed by atoms with van der Waals surface area (Å²) in [6.45, 7) is -0.911. The van der Waals surface area contributed by atoms with Crippen molar-refractivity contribution in [3.8, 4) is 0 Å². The molecule has 0 radical (unpaired) electrons. The minimum Gasteiger partial charge on any atom is -0.394 e. The van der Waals surface area contributed by atoms with E-state index < -0.39 is 31.0 Å². The maximum absolute atomic E-state index is 9.04. The van der Waals surface area contributed by atoms with Crippen molar-refractivity contribution in [3.63, 3.8) is 0 Å². The molecule has 0 unspecified atom stereocenters. The van der Waals surface area contributed by atoms with Crippen molar-refractivity contribution in [3.05, 3.63) is 0 Å². The zero-order chi connectivity index (χ0) is 9.72. The SMILES string of the molecule is NC[C@H](O)[C@H](O)[C@@H](O)[C@@H](O)CO. The molecule has 0 bridgehead atoms. The molecule has 74 valence electrons. The Hall–Kier alpha value is -0.240. The van der Waals surface area contributed by atoms with Crippen LogP contribution in [0.15, 0.2) is 0 Å². The van der Waals surface area contributed by atoms with Crippen molar-refractivity contribution in [2.75, 3.05) is 13.2 Å². The van der Waals surface area contributed by atoms with E-state index in [0.29, 0.717) is 0 Å². The maximum atomic E-state index is 9.04. The van der Waals surface area contributed by atoms with E-state index in [4.69, 9.17) is 31.3 Å². The van der Waals surface area contributed by atoms with Gasteiger partial charge in [-0.15, -0.1) is 0 Å². The van der Waals surface area contributed by atoms with E-state index in [2.05, 4.69) is 0 Å². The largest absolute Gasteiger partial charge is 0.394 e. The monoisotopic (exact) mass is 181 g/mol. The highest BCUT2D eigenvalue weighted by atomic mass is 16.4. The molecule has 0 saturated carbocycles. The molecule has 0 spiro atoms. The van der Waals surface area contributed by atoms with E-state index in [0.717, 1.165) is 0 Å². The molecule has 6 nitrogen and oxygen atoms in total. The summed E-state index contributed by atoms with van der Waals surface area (Å²) in [5.41, 5.74) is 4.99. The van der Waals surface area contributed by atoms with E-state index in [9.17, 15) is 0 Å². The second kappa shape index (κ2) is 5.41. The second-order valence-electron chi connectivity index (χ2n) is 2.53. The molecule has 0 aromatic heterocycles. The molecule has 7 N–H and O–H groups in total. The highest BCUT2D eigenvalue weighted by molar-refractivity contribution is 4.80. The molecule has 0 aliphatic carbocycles. The highest BCUT2D eigenvalue weighted by Gasteiger charge is 2.28. The predicted molar refractivity (Wildman–Crippen MR) is 40.2 cm³/mol. The van der Waals surface area contributed by atoms with Gasteiger partial charge in [0.05, 0.1) is 12.7 Å². The van der Waals surface area contributed by atoms with Crippen LogP contribution < -0.4 is 5.73 Å². The molecule has 0 aliphatic heterocycles. The Kier molecular flexibility index (Phi) is 5.31. The third-order valence-corrected chi connectivity index (χ3v) is 1.57. The van der Waals surface area contributed by atoms with Crippen LogP contribution in [0.1, 0.15) is 0 Å².